The van der Waals surface area contributed by atoms with E-state index < -0.39 is 35.8 Å². The molecular weight excluding hydrogens is 368 g/mol. The van der Waals surface area contributed by atoms with Gasteiger partial charge in [-0.3, -0.25) is 19.3 Å². The Balaban J connectivity index is 1.75. The molecule has 0 unspecified atom stereocenters. The molecule has 2 N–H and O–H groups in total. The van der Waals surface area contributed by atoms with Crippen molar-refractivity contribution in [3.8, 4) is 0 Å². The number of para-hydroxylation sites is 2. The number of nitrogens with one attached hydrogen (secondary N) is 2. The van der Waals surface area contributed by atoms with Crippen LogP contribution in [0.1, 0.15) is 26.7 Å². The van der Waals surface area contributed by atoms with Crippen molar-refractivity contribution in [2.75, 3.05) is 16.8 Å². The number of carbonyl (C=O) groups excluding carboxylic acids is 5. The van der Waals surface area contributed by atoms with E-state index in [-0.39, 0.29) is 25.3 Å². The second kappa shape index (κ2) is 7.67. The molecule has 0 radical (unpaired) electrons. The van der Waals surface area contributed by atoms with Crippen LogP contribution >= 0.6 is 0 Å². The summed E-state index contributed by atoms with van der Waals surface area (Å²) >= 11 is 0. The highest BCUT2D eigenvalue weighted by atomic mass is 16.7. The van der Waals surface area contributed by atoms with Crippen LogP contribution in [0, 0.1) is 5.92 Å². The van der Waals surface area contributed by atoms with E-state index >= 15 is 0 Å². The van der Waals surface area contributed by atoms with E-state index in [1.165, 1.54) is 4.90 Å². The molecular formula is C18H20N4O6. The number of imide groups is 1. The summed E-state index contributed by atoms with van der Waals surface area (Å²) < 4.78 is 0. The quantitative estimate of drug-likeness (QED) is 0.735. The molecule has 28 heavy (non-hydrogen) atoms. The number of hydroxylamine groups is 2. The number of hydrogen-bond acceptors (Lipinski definition) is 6. The first-order chi connectivity index (χ1) is 13.3. The SMILES string of the molecule is CC(C)[C@@H](NC(=O)N1CC(=O)Nc2ccccc21)C(=O)ON1C(=O)CCC1=O. The van der Waals surface area contributed by atoms with Gasteiger partial charge in [-0.05, 0) is 18.1 Å². The highest BCUT2D eigenvalue weighted by molar-refractivity contribution is 6.10. The number of amides is 5. The van der Waals surface area contributed by atoms with E-state index in [2.05, 4.69) is 10.6 Å². The minimum absolute atomic E-state index is 0.0233. The van der Waals surface area contributed by atoms with Crippen molar-refractivity contribution in [1.29, 1.82) is 0 Å². The van der Waals surface area contributed by atoms with Crippen LogP contribution in [0.15, 0.2) is 24.3 Å². The minimum atomic E-state index is -1.12. The smallest absolute Gasteiger partial charge is 0.328 e. The van der Waals surface area contributed by atoms with E-state index in [9.17, 15) is 24.0 Å². The topological polar surface area (TPSA) is 125 Å². The normalized spacial score (nSPS) is 17.3. The molecule has 1 aromatic rings. The van der Waals surface area contributed by atoms with Gasteiger partial charge in [0.25, 0.3) is 11.8 Å². The summed E-state index contributed by atoms with van der Waals surface area (Å²) in [4.78, 5) is 66.6. The average molecular weight is 388 g/mol. The van der Waals surface area contributed by atoms with Crippen molar-refractivity contribution < 1.29 is 28.8 Å². The average Bonchev–Trinajstić information content (AvgIpc) is 2.96. The Bertz CT molecular complexity index is 836. The molecule has 2 aliphatic rings. The van der Waals surface area contributed by atoms with Gasteiger partial charge in [0.1, 0.15) is 12.6 Å². The van der Waals surface area contributed by atoms with Crippen LogP contribution in [0.5, 0.6) is 0 Å². The molecule has 148 valence electrons. The number of urea groups is 1. The van der Waals surface area contributed by atoms with Gasteiger partial charge in [-0.25, -0.2) is 9.59 Å². The van der Waals surface area contributed by atoms with Gasteiger partial charge in [0, 0.05) is 12.8 Å². The molecule has 1 saturated heterocycles. The summed E-state index contributed by atoms with van der Waals surface area (Å²) in [6, 6.07) is 4.97. The lowest BCUT2D eigenvalue weighted by atomic mass is 10.1. The molecule has 2 aliphatic heterocycles. The summed E-state index contributed by atoms with van der Waals surface area (Å²) in [6.45, 7) is 3.14. The van der Waals surface area contributed by atoms with Crippen molar-refractivity contribution in [2.45, 2.75) is 32.7 Å². The highest BCUT2D eigenvalue weighted by Crippen LogP contribution is 2.29. The first kappa shape index (κ1) is 19.3. The second-order valence-electron chi connectivity index (χ2n) is 6.81. The minimum Gasteiger partial charge on any atom is -0.328 e. The monoisotopic (exact) mass is 388 g/mol. The fourth-order valence-electron chi connectivity index (χ4n) is 2.93. The fourth-order valence-corrected chi connectivity index (χ4v) is 2.93. The van der Waals surface area contributed by atoms with E-state index in [1.54, 1.807) is 38.1 Å². The van der Waals surface area contributed by atoms with E-state index in [0.29, 0.717) is 16.4 Å². The fraction of sp³-hybridized carbons (Fsp3) is 0.389. The molecule has 1 fully saturated rings. The summed E-state index contributed by atoms with van der Waals surface area (Å²) in [5, 5.41) is 5.64. The van der Waals surface area contributed by atoms with Crippen LogP contribution in [0.4, 0.5) is 16.2 Å². The maximum atomic E-state index is 12.8. The van der Waals surface area contributed by atoms with Crippen molar-refractivity contribution in [3.05, 3.63) is 24.3 Å². The molecule has 5 amide bonds. The largest absolute Gasteiger partial charge is 0.355 e. The Morgan fingerprint density at radius 2 is 1.75 bits per heavy atom. The molecule has 0 saturated carbocycles. The summed E-state index contributed by atoms with van der Waals surface area (Å²) in [7, 11) is 0. The lowest BCUT2D eigenvalue weighted by Gasteiger charge is -2.31. The third-order valence-corrected chi connectivity index (χ3v) is 4.40. The molecule has 10 nitrogen and oxygen atoms in total. The lowest BCUT2D eigenvalue weighted by molar-refractivity contribution is -0.199. The number of nitrogens with zero attached hydrogens (tertiary/aromatic N) is 2. The molecule has 1 atom stereocenters. The first-order valence-electron chi connectivity index (χ1n) is 8.82. The van der Waals surface area contributed by atoms with Gasteiger partial charge in [-0.1, -0.05) is 26.0 Å². The van der Waals surface area contributed by atoms with Crippen LogP contribution < -0.4 is 15.5 Å². The Hall–Kier alpha value is -3.43. The van der Waals surface area contributed by atoms with Gasteiger partial charge in [0.2, 0.25) is 5.91 Å². The van der Waals surface area contributed by atoms with Crippen LogP contribution in [-0.4, -0.2) is 47.4 Å². The molecule has 0 spiro atoms. The highest BCUT2D eigenvalue weighted by Gasteiger charge is 2.37. The number of anilines is 2. The van der Waals surface area contributed by atoms with E-state index in [1.807, 2.05) is 0 Å². The Morgan fingerprint density at radius 1 is 1.11 bits per heavy atom. The molecule has 3 rings (SSSR count). The number of carbonyl (C=O) groups is 5. The maximum Gasteiger partial charge on any atom is 0.355 e. The number of fused-ring (bicyclic) bond motifs is 1. The van der Waals surface area contributed by atoms with Crippen molar-refractivity contribution in [2.24, 2.45) is 5.92 Å². The number of rotatable bonds is 4. The number of hydrogen-bond donors (Lipinski definition) is 2. The van der Waals surface area contributed by atoms with Crippen LogP contribution in [0.3, 0.4) is 0 Å². The van der Waals surface area contributed by atoms with Crippen LogP contribution in [-0.2, 0) is 24.0 Å². The predicted octanol–water partition coefficient (Wildman–Crippen LogP) is 0.786. The Morgan fingerprint density at radius 3 is 2.39 bits per heavy atom. The summed E-state index contributed by atoms with van der Waals surface area (Å²) in [6.07, 6.45) is -0.0466. The molecule has 0 aliphatic carbocycles. The molecule has 0 aromatic heterocycles. The standard InChI is InChI=1S/C18H20N4O6/c1-10(2)16(17(26)28-22-14(24)7-8-15(22)25)20-18(27)21-9-13(23)19-11-5-3-4-6-12(11)21/h3-6,10,16H,7-9H2,1-2H3,(H,19,23)(H,20,27)/t16-/m1/s1. The third kappa shape index (κ3) is 3.80. The van der Waals surface area contributed by atoms with Crippen LogP contribution in [0.2, 0.25) is 0 Å². The first-order valence-corrected chi connectivity index (χ1v) is 8.82. The third-order valence-electron chi connectivity index (χ3n) is 4.40. The van der Waals surface area contributed by atoms with Crippen molar-refractivity contribution >= 4 is 41.1 Å². The van der Waals surface area contributed by atoms with Gasteiger partial charge in [-0.15, -0.1) is 5.06 Å². The summed E-state index contributed by atoms with van der Waals surface area (Å²) in [5.41, 5.74) is 0.964. The molecule has 10 heteroatoms. The Labute approximate surface area is 160 Å². The number of benzene rings is 1. The molecule has 2 heterocycles. The zero-order valence-corrected chi connectivity index (χ0v) is 15.4. The predicted molar refractivity (Wildman–Crippen MR) is 96.8 cm³/mol. The Kier molecular flexibility index (Phi) is 5.30. The maximum absolute atomic E-state index is 12.8. The molecule has 1 aromatic carbocycles. The van der Waals surface area contributed by atoms with E-state index in [0.717, 1.165) is 0 Å². The second-order valence-corrected chi connectivity index (χ2v) is 6.81. The van der Waals surface area contributed by atoms with Crippen molar-refractivity contribution in [3.63, 3.8) is 0 Å². The van der Waals surface area contributed by atoms with Gasteiger partial charge >= 0.3 is 12.0 Å². The van der Waals surface area contributed by atoms with E-state index in [4.69, 9.17) is 4.84 Å². The van der Waals surface area contributed by atoms with Crippen LogP contribution in [0.25, 0.3) is 0 Å². The van der Waals surface area contributed by atoms with Gasteiger partial charge in [0.05, 0.1) is 11.4 Å². The lowest BCUT2D eigenvalue weighted by Crippen LogP contribution is -2.54. The van der Waals surface area contributed by atoms with Crippen molar-refractivity contribution in [1.82, 2.24) is 10.4 Å². The van der Waals surface area contributed by atoms with Gasteiger partial charge in [-0.2, -0.15) is 0 Å². The molecule has 0 bridgehead atoms. The zero-order chi connectivity index (χ0) is 20.4. The zero-order valence-electron chi connectivity index (χ0n) is 15.4. The summed E-state index contributed by atoms with van der Waals surface area (Å²) in [5.74, 6) is -2.90. The van der Waals surface area contributed by atoms with Gasteiger partial charge in [0.15, 0.2) is 0 Å². The van der Waals surface area contributed by atoms with Gasteiger partial charge < -0.3 is 15.5 Å².